The van der Waals surface area contributed by atoms with Crippen LogP contribution in [-0.2, 0) is 17.9 Å². The van der Waals surface area contributed by atoms with Crippen molar-refractivity contribution in [3.05, 3.63) is 53.9 Å². The van der Waals surface area contributed by atoms with E-state index in [2.05, 4.69) is 15.6 Å². The Balaban J connectivity index is 1.41. The fourth-order valence-electron chi connectivity index (χ4n) is 2.12. The third kappa shape index (κ3) is 3.73. The van der Waals surface area contributed by atoms with Crippen molar-refractivity contribution in [2.24, 2.45) is 0 Å². The van der Waals surface area contributed by atoms with Gasteiger partial charge in [-0.3, -0.25) is 9.78 Å². The summed E-state index contributed by atoms with van der Waals surface area (Å²) in [4.78, 5) is 16.0. The molecule has 6 heteroatoms. The van der Waals surface area contributed by atoms with Crippen LogP contribution in [-0.4, -0.2) is 24.2 Å². The summed E-state index contributed by atoms with van der Waals surface area (Å²) < 4.78 is 10.6. The average molecular weight is 299 g/mol. The summed E-state index contributed by atoms with van der Waals surface area (Å²) >= 11 is 0. The maximum absolute atomic E-state index is 11.8. The Morgan fingerprint density at radius 3 is 2.91 bits per heavy atom. The number of carbonyl (C=O) groups excluding carboxylic acids is 1. The number of hydrogen-bond acceptors (Lipinski definition) is 5. The zero-order chi connectivity index (χ0) is 15.2. The van der Waals surface area contributed by atoms with E-state index in [9.17, 15) is 4.79 Å². The molecule has 22 heavy (non-hydrogen) atoms. The van der Waals surface area contributed by atoms with Crippen LogP contribution in [0.5, 0.6) is 11.5 Å². The first-order valence-corrected chi connectivity index (χ1v) is 7.07. The van der Waals surface area contributed by atoms with Gasteiger partial charge in [0.15, 0.2) is 11.5 Å². The van der Waals surface area contributed by atoms with Gasteiger partial charge in [-0.2, -0.15) is 0 Å². The number of fused-ring (bicyclic) bond motifs is 1. The largest absolute Gasteiger partial charge is 0.454 e. The Morgan fingerprint density at radius 1 is 1.14 bits per heavy atom. The smallest absolute Gasteiger partial charge is 0.234 e. The highest BCUT2D eigenvalue weighted by atomic mass is 16.7. The number of benzene rings is 1. The summed E-state index contributed by atoms with van der Waals surface area (Å²) in [6.45, 7) is 1.53. The van der Waals surface area contributed by atoms with Crippen LogP contribution in [0.4, 0.5) is 0 Å². The molecular weight excluding hydrogens is 282 g/mol. The molecule has 2 aromatic rings. The first kappa shape index (κ1) is 14.3. The highest BCUT2D eigenvalue weighted by Gasteiger charge is 2.13. The maximum Gasteiger partial charge on any atom is 0.234 e. The molecule has 0 saturated carbocycles. The molecular formula is C16H17N3O3. The summed E-state index contributed by atoms with van der Waals surface area (Å²) in [7, 11) is 0. The number of nitrogens with zero attached hydrogens (tertiary/aromatic N) is 1. The summed E-state index contributed by atoms with van der Waals surface area (Å²) in [6, 6.07) is 11.3. The van der Waals surface area contributed by atoms with Crippen LogP contribution in [0.2, 0.25) is 0 Å². The predicted molar refractivity (Wildman–Crippen MR) is 80.4 cm³/mol. The van der Waals surface area contributed by atoms with Crippen LogP contribution in [0.15, 0.2) is 42.6 Å². The van der Waals surface area contributed by atoms with Crippen molar-refractivity contribution in [3.63, 3.8) is 0 Å². The Labute approximate surface area is 128 Å². The lowest BCUT2D eigenvalue weighted by Gasteiger charge is -2.07. The minimum Gasteiger partial charge on any atom is -0.454 e. The van der Waals surface area contributed by atoms with Crippen molar-refractivity contribution in [1.82, 2.24) is 15.6 Å². The molecule has 0 unspecified atom stereocenters. The van der Waals surface area contributed by atoms with Crippen molar-refractivity contribution in [1.29, 1.82) is 0 Å². The molecule has 3 rings (SSSR count). The van der Waals surface area contributed by atoms with Crippen molar-refractivity contribution in [2.45, 2.75) is 13.1 Å². The van der Waals surface area contributed by atoms with E-state index in [1.165, 1.54) is 0 Å². The molecule has 1 aromatic carbocycles. The minimum absolute atomic E-state index is 0.0615. The van der Waals surface area contributed by atoms with E-state index in [1.807, 2.05) is 36.4 Å². The molecule has 1 amide bonds. The van der Waals surface area contributed by atoms with Crippen LogP contribution >= 0.6 is 0 Å². The summed E-state index contributed by atoms with van der Waals surface area (Å²) in [5.41, 5.74) is 1.88. The van der Waals surface area contributed by atoms with Gasteiger partial charge in [0.1, 0.15) is 0 Å². The van der Waals surface area contributed by atoms with Gasteiger partial charge in [0.25, 0.3) is 0 Å². The van der Waals surface area contributed by atoms with Crippen LogP contribution in [0, 0.1) is 0 Å². The molecule has 0 spiro atoms. The second kappa shape index (κ2) is 6.91. The SMILES string of the molecule is O=C(CNCc1ccccn1)NCc1ccc2c(c1)OCO2. The van der Waals surface area contributed by atoms with Gasteiger partial charge in [-0.05, 0) is 29.8 Å². The molecule has 2 heterocycles. The first-order chi connectivity index (χ1) is 10.8. The van der Waals surface area contributed by atoms with Crippen LogP contribution < -0.4 is 20.1 Å². The van der Waals surface area contributed by atoms with Crippen molar-refractivity contribution in [2.75, 3.05) is 13.3 Å². The number of hydrogen-bond donors (Lipinski definition) is 2. The lowest BCUT2D eigenvalue weighted by atomic mass is 10.2. The zero-order valence-electron chi connectivity index (χ0n) is 12.0. The van der Waals surface area contributed by atoms with E-state index in [0.717, 1.165) is 22.8 Å². The van der Waals surface area contributed by atoms with E-state index in [1.54, 1.807) is 6.20 Å². The summed E-state index contributed by atoms with van der Waals surface area (Å²) in [6.07, 6.45) is 1.73. The number of pyridine rings is 1. The number of aromatic nitrogens is 1. The van der Waals surface area contributed by atoms with E-state index in [4.69, 9.17) is 9.47 Å². The normalized spacial score (nSPS) is 12.2. The van der Waals surface area contributed by atoms with Gasteiger partial charge in [0.05, 0.1) is 12.2 Å². The van der Waals surface area contributed by atoms with Crippen LogP contribution in [0.25, 0.3) is 0 Å². The Morgan fingerprint density at radius 2 is 2.05 bits per heavy atom. The standard InChI is InChI=1S/C16H17N3O3/c20-16(10-17-9-13-3-1-2-6-18-13)19-8-12-4-5-14-15(7-12)22-11-21-14/h1-7,17H,8-11H2,(H,19,20). The van der Waals surface area contributed by atoms with Crippen molar-refractivity contribution < 1.29 is 14.3 Å². The van der Waals surface area contributed by atoms with Crippen molar-refractivity contribution in [3.8, 4) is 11.5 Å². The molecule has 0 bridgehead atoms. The fourth-order valence-corrected chi connectivity index (χ4v) is 2.12. The molecule has 0 radical (unpaired) electrons. The number of ether oxygens (including phenoxy) is 2. The van der Waals surface area contributed by atoms with Gasteiger partial charge in [-0.15, -0.1) is 0 Å². The Hall–Kier alpha value is -2.60. The lowest BCUT2D eigenvalue weighted by molar-refractivity contribution is -0.120. The molecule has 1 aliphatic rings. The highest BCUT2D eigenvalue weighted by Crippen LogP contribution is 2.32. The van der Waals surface area contributed by atoms with Gasteiger partial charge in [0.2, 0.25) is 12.7 Å². The predicted octanol–water partition coefficient (Wildman–Crippen LogP) is 1.22. The quantitative estimate of drug-likeness (QED) is 0.839. The van der Waals surface area contributed by atoms with Crippen LogP contribution in [0.3, 0.4) is 0 Å². The van der Waals surface area contributed by atoms with E-state index >= 15 is 0 Å². The molecule has 1 aromatic heterocycles. The number of rotatable bonds is 6. The van der Waals surface area contributed by atoms with Gasteiger partial charge in [-0.25, -0.2) is 0 Å². The average Bonchev–Trinajstić information content (AvgIpc) is 3.01. The maximum atomic E-state index is 11.8. The zero-order valence-corrected chi connectivity index (χ0v) is 12.0. The molecule has 114 valence electrons. The minimum atomic E-state index is -0.0615. The molecule has 1 aliphatic heterocycles. The molecule has 0 fully saturated rings. The Kier molecular flexibility index (Phi) is 4.50. The van der Waals surface area contributed by atoms with Gasteiger partial charge in [0, 0.05) is 19.3 Å². The topological polar surface area (TPSA) is 72.5 Å². The van der Waals surface area contributed by atoms with E-state index < -0.39 is 0 Å². The van der Waals surface area contributed by atoms with E-state index in [0.29, 0.717) is 13.1 Å². The fraction of sp³-hybridized carbons (Fsp3) is 0.250. The first-order valence-electron chi connectivity index (χ1n) is 7.07. The van der Waals surface area contributed by atoms with Crippen LogP contribution in [0.1, 0.15) is 11.3 Å². The van der Waals surface area contributed by atoms with E-state index in [-0.39, 0.29) is 19.2 Å². The molecule has 0 saturated heterocycles. The lowest BCUT2D eigenvalue weighted by Crippen LogP contribution is -2.33. The molecule has 2 N–H and O–H groups in total. The summed E-state index contributed by atoms with van der Waals surface area (Å²) in [5.74, 6) is 1.40. The highest BCUT2D eigenvalue weighted by molar-refractivity contribution is 5.78. The molecule has 0 atom stereocenters. The van der Waals surface area contributed by atoms with Gasteiger partial charge < -0.3 is 20.1 Å². The summed E-state index contributed by atoms with van der Waals surface area (Å²) in [5, 5.41) is 5.92. The number of nitrogens with one attached hydrogen (secondary N) is 2. The monoisotopic (exact) mass is 299 g/mol. The second-order valence-corrected chi connectivity index (χ2v) is 4.89. The molecule has 0 aliphatic carbocycles. The third-order valence-electron chi connectivity index (χ3n) is 3.24. The third-order valence-corrected chi connectivity index (χ3v) is 3.24. The molecule has 6 nitrogen and oxygen atoms in total. The number of carbonyl (C=O) groups is 1. The second-order valence-electron chi connectivity index (χ2n) is 4.89. The van der Waals surface area contributed by atoms with Gasteiger partial charge in [-0.1, -0.05) is 12.1 Å². The number of amides is 1. The Bertz CT molecular complexity index is 646. The van der Waals surface area contributed by atoms with Crippen molar-refractivity contribution >= 4 is 5.91 Å². The van der Waals surface area contributed by atoms with Gasteiger partial charge >= 0.3 is 0 Å².